The third kappa shape index (κ3) is 4.46. The SMILES string of the molecule is CC(C(=O)O)N(C)c1cccc(OCNc2cccc(-n3[nH]nnc3=S)c2)c1. The van der Waals surface area contributed by atoms with Gasteiger partial charge in [0.1, 0.15) is 11.8 Å². The largest absolute Gasteiger partial charge is 0.480 e. The van der Waals surface area contributed by atoms with Gasteiger partial charge >= 0.3 is 5.97 Å². The molecule has 0 fully saturated rings. The van der Waals surface area contributed by atoms with Crippen LogP contribution in [0.15, 0.2) is 48.5 Å². The number of aromatic nitrogens is 4. The average Bonchev–Trinajstić information content (AvgIpc) is 3.13. The normalized spacial score (nSPS) is 11.6. The first kappa shape index (κ1) is 19.4. The van der Waals surface area contributed by atoms with Gasteiger partial charge in [0.15, 0.2) is 6.73 Å². The summed E-state index contributed by atoms with van der Waals surface area (Å²) in [5.41, 5.74) is 2.39. The van der Waals surface area contributed by atoms with Crippen LogP contribution < -0.4 is 15.0 Å². The number of carboxylic acid groups (broad SMARTS) is 1. The number of H-pyrrole nitrogens is 1. The van der Waals surface area contributed by atoms with E-state index in [0.29, 0.717) is 10.5 Å². The Morgan fingerprint density at radius 2 is 2.14 bits per heavy atom. The van der Waals surface area contributed by atoms with Gasteiger partial charge in [-0.2, -0.15) is 5.21 Å². The number of carbonyl (C=O) groups is 1. The molecule has 0 spiro atoms. The molecule has 9 nitrogen and oxygen atoms in total. The van der Waals surface area contributed by atoms with E-state index in [1.54, 1.807) is 29.6 Å². The third-order valence-corrected chi connectivity index (χ3v) is 4.52. The number of aromatic amines is 1. The smallest absolute Gasteiger partial charge is 0.326 e. The van der Waals surface area contributed by atoms with Crippen LogP contribution in [0.5, 0.6) is 5.75 Å². The summed E-state index contributed by atoms with van der Waals surface area (Å²) in [5.74, 6) is -0.256. The summed E-state index contributed by atoms with van der Waals surface area (Å²) < 4.78 is 7.68. The molecule has 2 aromatic carbocycles. The molecule has 1 unspecified atom stereocenters. The monoisotopic (exact) mass is 400 g/mol. The van der Waals surface area contributed by atoms with Gasteiger partial charge in [-0.25, -0.2) is 9.48 Å². The van der Waals surface area contributed by atoms with Crippen molar-refractivity contribution in [3.63, 3.8) is 0 Å². The summed E-state index contributed by atoms with van der Waals surface area (Å²) in [4.78, 5) is 12.8. The van der Waals surface area contributed by atoms with Crippen molar-refractivity contribution in [2.75, 3.05) is 24.0 Å². The average molecular weight is 400 g/mol. The number of aliphatic carboxylic acids is 1. The molecular formula is C18H20N6O3S. The van der Waals surface area contributed by atoms with Crippen molar-refractivity contribution in [2.45, 2.75) is 13.0 Å². The van der Waals surface area contributed by atoms with Crippen molar-refractivity contribution in [1.82, 2.24) is 20.2 Å². The molecule has 0 saturated carbocycles. The number of tetrazole rings is 1. The Bertz CT molecular complexity index is 1020. The van der Waals surface area contributed by atoms with Crippen LogP contribution in [0.2, 0.25) is 0 Å². The van der Waals surface area contributed by atoms with Gasteiger partial charge in [0.05, 0.1) is 5.69 Å². The van der Waals surface area contributed by atoms with Crippen LogP contribution in [0.25, 0.3) is 5.69 Å². The zero-order valence-electron chi connectivity index (χ0n) is 15.4. The molecule has 1 aromatic heterocycles. The summed E-state index contributed by atoms with van der Waals surface area (Å²) in [6.07, 6.45) is 0. The van der Waals surface area contributed by atoms with E-state index in [1.165, 1.54) is 0 Å². The van der Waals surface area contributed by atoms with Gasteiger partial charge < -0.3 is 20.1 Å². The maximum atomic E-state index is 11.2. The Morgan fingerprint density at radius 1 is 1.36 bits per heavy atom. The second kappa shape index (κ2) is 8.53. The molecule has 3 aromatic rings. The van der Waals surface area contributed by atoms with E-state index < -0.39 is 12.0 Å². The van der Waals surface area contributed by atoms with Crippen LogP contribution in [0.3, 0.4) is 0 Å². The Morgan fingerprint density at radius 3 is 2.86 bits per heavy atom. The van der Waals surface area contributed by atoms with E-state index in [2.05, 4.69) is 20.8 Å². The summed E-state index contributed by atoms with van der Waals surface area (Å²) in [6.45, 7) is 1.86. The maximum Gasteiger partial charge on any atom is 0.326 e. The minimum Gasteiger partial charge on any atom is -0.480 e. The predicted molar refractivity (Wildman–Crippen MR) is 108 cm³/mol. The van der Waals surface area contributed by atoms with Gasteiger partial charge in [-0.15, -0.1) is 0 Å². The third-order valence-electron chi connectivity index (χ3n) is 4.25. The lowest BCUT2D eigenvalue weighted by molar-refractivity contribution is -0.138. The van der Waals surface area contributed by atoms with Crippen molar-refractivity contribution in [2.24, 2.45) is 0 Å². The number of benzene rings is 2. The molecule has 0 bridgehead atoms. The molecule has 0 aliphatic carbocycles. The standard InChI is InChI=1S/C18H20N6O3S/c1-12(17(25)26)23(2)14-6-4-8-16(10-14)27-11-19-13-5-3-7-15(9-13)24-18(28)20-21-22-24/h3-10,12,19H,11H2,1-2H3,(H,25,26)(H,20,22,28). The Hall–Kier alpha value is -3.40. The van der Waals surface area contributed by atoms with Crippen molar-refractivity contribution in [3.05, 3.63) is 53.3 Å². The lowest BCUT2D eigenvalue weighted by Gasteiger charge is -2.24. The maximum absolute atomic E-state index is 11.2. The van der Waals surface area contributed by atoms with E-state index in [-0.39, 0.29) is 6.73 Å². The zero-order valence-corrected chi connectivity index (χ0v) is 16.2. The fourth-order valence-electron chi connectivity index (χ4n) is 2.51. The molecular weight excluding hydrogens is 380 g/mol. The first-order valence-electron chi connectivity index (χ1n) is 8.48. The van der Waals surface area contributed by atoms with Gasteiger partial charge in [0, 0.05) is 24.5 Å². The van der Waals surface area contributed by atoms with Gasteiger partial charge in [0.25, 0.3) is 0 Å². The molecule has 3 rings (SSSR count). The fraction of sp³-hybridized carbons (Fsp3) is 0.222. The highest BCUT2D eigenvalue weighted by molar-refractivity contribution is 7.71. The number of rotatable bonds is 8. The van der Waals surface area contributed by atoms with Crippen molar-refractivity contribution >= 4 is 29.6 Å². The Labute approximate surface area is 166 Å². The highest BCUT2D eigenvalue weighted by Crippen LogP contribution is 2.22. The number of hydrogen-bond acceptors (Lipinski definition) is 7. The Balaban J connectivity index is 1.63. The topological polar surface area (TPSA) is 108 Å². The molecule has 0 saturated heterocycles. The second-order valence-electron chi connectivity index (χ2n) is 6.06. The number of ether oxygens (including phenoxy) is 1. The van der Waals surface area contributed by atoms with E-state index in [4.69, 9.17) is 22.1 Å². The van der Waals surface area contributed by atoms with Crippen LogP contribution in [0, 0.1) is 4.77 Å². The molecule has 1 atom stereocenters. The number of nitrogens with one attached hydrogen (secondary N) is 2. The number of likely N-dealkylation sites (N-methyl/N-ethyl adjacent to an activating group) is 1. The van der Waals surface area contributed by atoms with Crippen molar-refractivity contribution in [3.8, 4) is 11.4 Å². The first-order valence-corrected chi connectivity index (χ1v) is 8.89. The van der Waals surface area contributed by atoms with Crippen LogP contribution in [0.4, 0.5) is 11.4 Å². The molecule has 0 radical (unpaired) electrons. The molecule has 0 aliphatic heterocycles. The highest BCUT2D eigenvalue weighted by Gasteiger charge is 2.17. The van der Waals surface area contributed by atoms with Gasteiger partial charge in [0.2, 0.25) is 4.77 Å². The van der Waals surface area contributed by atoms with Crippen molar-refractivity contribution in [1.29, 1.82) is 0 Å². The van der Waals surface area contributed by atoms with E-state index in [9.17, 15) is 4.79 Å². The number of hydrogen-bond donors (Lipinski definition) is 3. The summed E-state index contributed by atoms with van der Waals surface area (Å²) in [7, 11) is 1.73. The molecule has 3 N–H and O–H groups in total. The van der Waals surface area contributed by atoms with Crippen molar-refractivity contribution < 1.29 is 14.6 Å². The van der Waals surface area contributed by atoms with Gasteiger partial charge in [-0.05, 0) is 49.5 Å². The zero-order chi connectivity index (χ0) is 20.1. The summed E-state index contributed by atoms with van der Waals surface area (Å²) >= 11 is 5.10. The van der Waals surface area contributed by atoms with E-state index >= 15 is 0 Å². The molecule has 28 heavy (non-hydrogen) atoms. The molecule has 0 amide bonds. The van der Waals surface area contributed by atoms with Crippen LogP contribution >= 0.6 is 12.2 Å². The highest BCUT2D eigenvalue weighted by atomic mass is 32.1. The molecule has 146 valence electrons. The molecule has 10 heteroatoms. The summed E-state index contributed by atoms with van der Waals surface area (Å²) in [5, 5.41) is 22.5. The summed E-state index contributed by atoms with van der Waals surface area (Å²) in [6, 6.07) is 14.2. The second-order valence-corrected chi connectivity index (χ2v) is 6.42. The Kier molecular flexibility index (Phi) is 5.90. The van der Waals surface area contributed by atoms with Crippen LogP contribution in [-0.2, 0) is 4.79 Å². The number of carboxylic acids is 1. The van der Waals surface area contributed by atoms with E-state index in [1.807, 2.05) is 42.5 Å². The van der Waals surface area contributed by atoms with Crippen LogP contribution in [-0.4, -0.2) is 51.1 Å². The molecule has 1 heterocycles. The predicted octanol–water partition coefficient (Wildman–Crippen LogP) is 2.68. The lowest BCUT2D eigenvalue weighted by Crippen LogP contribution is -2.35. The van der Waals surface area contributed by atoms with E-state index in [0.717, 1.165) is 17.1 Å². The van der Waals surface area contributed by atoms with Gasteiger partial charge in [-0.3, -0.25) is 0 Å². The quantitative estimate of drug-likeness (QED) is 0.391. The fourth-order valence-corrected chi connectivity index (χ4v) is 2.69. The first-order chi connectivity index (χ1) is 13.5. The number of nitrogens with zero attached hydrogens (tertiary/aromatic N) is 4. The molecule has 0 aliphatic rings. The lowest BCUT2D eigenvalue weighted by atomic mass is 10.2. The van der Waals surface area contributed by atoms with Gasteiger partial charge in [-0.1, -0.05) is 22.4 Å². The minimum atomic E-state index is -0.886. The number of anilines is 2. The minimum absolute atomic E-state index is 0.234. The van der Waals surface area contributed by atoms with Crippen LogP contribution in [0.1, 0.15) is 6.92 Å².